The molecule has 12 nitrogen and oxygen atoms in total. The normalized spacial score (nSPS) is 25.2. The second-order valence-electron chi connectivity index (χ2n) is 10.0. The molecule has 1 aliphatic heterocycles. The van der Waals surface area contributed by atoms with E-state index in [1.165, 1.54) is 32.2 Å². The maximum Gasteiger partial charge on any atom is 0.348 e. The topological polar surface area (TPSA) is 177 Å². The largest absolute Gasteiger partial charge is 0.505 e. The predicted octanol–water partition coefficient (Wildman–Crippen LogP) is 1.10. The highest BCUT2D eigenvalue weighted by molar-refractivity contribution is 5.98. The number of hydrogen-bond acceptors (Lipinski definition) is 10. The average molecular weight is 577 g/mol. The van der Waals surface area contributed by atoms with Crippen LogP contribution in [0, 0.1) is 5.92 Å². The van der Waals surface area contributed by atoms with E-state index in [1.54, 1.807) is 54.9 Å². The summed E-state index contributed by atoms with van der Waals surface area (Å²) in [5.41, 5.74) is 1.00. The van der Waals surface area contributed by atoms with E-state index in [2.05, 4.69) is 20.6 Å². The molecule has 4 rings (SSSR count). The molecule has 1 aromatic carbocycles. The number of nitrogens with zero attached hydrogens (tertiary/aromatic N) is 2. The van der Waals surface area contributed by atoms with Crippen LogP contribution in [0.2, 0.25) is 0 Å². The number of carbonyl (C=O) groups is 4. The van der Waals surface area contributed by atoms with Crippen LogP contribution in [0.25, 0.3) is 0 Å². The third-order valence-electron chi connectivity index (χ3n) is 6.93. The molecule has 4 N–H and O–H groups in total. The summed E-state index contributed by atoms with van der Waals surface area (Å²) < 4.78 is 11.1. The first-order valence-corrected chi connectivity index (χ1v) is 13.4. The number of pyridine rings is 2. The van der Waals surface area contributed by atoms with Gasteiger partial charge in [0.1, 0.15) is 17.9 Å². The number of rotatable bonds is 6. The molecule has 0 aliphatic carbocycles. The Morgan fingerprint density at radius 2 is 1.64 bits per heavy atom. The van der Waals surface area contributed by atoms with Gasteiger partial charge >= 0.3 is 11.9 Å². The fraction of sp³-hybridized carbons (Fsp3) is 0.333. The highest BCUT2D eigenvalue weighted by Gasteiger charge is 2.40. The van der Waals surface area contributed by atoms with E-state index in [0.717, 1.165) is 0 Å². The first-order valence-electron chi connectivity index (χ1n) is 13.4. The fourth-order valence-corrected chi connectivity index (χ4v) is 4.54. The number of esters is 2. The Labute approximate surface area is 242 Å². The van der Waals surface area contributed by atoms with Crippen molar-refractivity contribution in [1.82, 2.24) is 20.6 Å². The number of hydrogen-bond donors (Lipinski definition) is 4. The quantitative estimate of drug-likeness (QED) is 0.311. The molecule has 0 spiro atoms. The highest BCUT2D eigenvalue weighted by atomic mass is 16.6. The van der Waals surface area contributed by atoms with Crippen molar-refractivity contribution in [3.8, 4) is 5.75 Å². The zero-order valence-corrected chi connectivity index (χ0v) is 23.0. The van der Waals surface area contributed by atoms with Gasteiger partial charge in [-0.1, -0.05) is 36.4 Å². The zero-order chi connectivity index (χ0) is 30.2. The van der Waals surface area contributed by atoms with Gasteiger partial charge in [0, 0.05) is 25.0 Å². The van der Waals surface area contributed by atoms with Crippen LogP contribution in [-0.4, -0.2) is 74.3 Å². The molecule has 6 unspecified atom stereocenters. The molecule has 1 fully saturated rings. The number of aromatic nitrogens is 2. The lowest BCUT2D eigenvalue weighted by atomic mass is 9.92. The lowest BCUT2D eigenvalue weighted by molar-refractivity contribution is -0.177. The summed E-state index contributed by atoms with van der Waals surface area (Å²) in [6.45, 7) is 2.82. The first-order chi connectivity index (χ1) is 20.1. The molecule has 220 valence electrons. The average Bonchev–Trinajstić information content (AvgIpc) is 2.99. The van der Waals surface area contributed by atoms with E-state index >= 15 is 0 Å². The van der Waals surface area contributed by atoms with Crippen LogP contribution in [0.5, 0.6) is 5.75 Å². The van der Waals surface area contributed by atoms with Crippen molar-refractivity contribution in [1.29, 1.82) is 0 Å². The minimum absolute atomic E-state index is 0.0227. The van der Waals surface area contributed by atoms with E-state index in [0.29, 0.717) is 11.1 Å². The molecule has 3 heterocycles. The molecule has 0 radical (unpaired) electrons. The van der Waals surface area contributed by atoms with Crippen LogP contribution in [0.4, 0.5) is 0 Å². The predicted molar refractivity (Wildman–Crippen MR) is 148 cm³/mol. The number of aliphatic hydroxyl groups excluding tert-OH is 1. The molecule has 0 saturated carbocycles. The first kappa shape index (κ1) is 30.1. The summed E-state index contributed by atoms with van der Waals surface area (Å²) in [6.07, 6.45) is 0.379. The summed E-state index contributed by atoms with van der Waals surface area (Å²) in [5, 5.41) is 26.6. The van der Waals surface area contributed by atoms with Gasteiger partial charge in [0.25, 0.3) is 5.91 Å². The highest BCUT2D eigenvalue weighted by Crippen LogP contribution is 2.20. The van der Waals surface area contributed by atoms with Crippen LogP contribution in [0.3, 0.4) is 0 Å². The maximum atomic E-state index is 13.7. The van der Waals surface area contributed by atoms with Crippen LogP contribution < -0.4 is 10.6 Å². The maximum absolute atomic E-state index is 13.7. The summed E-state index contributed by atoms with van der Waals surface area (Å²) in [5.74, 6) is -5.06. The molecule has 3 aromatic rings. The van der Waals surface area contributed by atoms with Crippen molar-refractivity contribution < 1.29 is 38.9 Å². The van der Waals surface area contributed by atoms with Gasteiger partial charge < -0.3 is 30.3 Å². The summed E-state index contributed by atoms with van der Waals surface area (Å²) in [6, 6.07) is 12.4. The van der Waals surface area contributed by atoms with Gasteiger partial charge in [0.05, 0.1) is 18.1 Å². The van der Waals surface area contributed by atoms with E-state index in [1.807, 2.05) is 0 Å². The Morgan fingerprint density at radius 3 is 2.33 bits per heavy atom. The molecule has 1 aliphatic rings. The Kier molecular flexibility index (Phi) is 9.81. The van der Waals surface area contributed by atoms with Crippen molar-refractivity contribution >= 4 is 23.8 Å². The van der Waals surface area contributed by atoms with E-state index in [-0.39, 0.29) is 18.5 Å². The third kappa shape index (κ3) is 7.46. The lowest BCUT2D eigenvalue weighted by Crippen LogP contribution is -2.59. The molecular weight excluding hydrogens is 544 g/mol. The number of ether oxygens (including phenoxy) is 2. The van der Waals surface area contributed by atoms with E-state index in [9.17, 15) is 29.4 Å². The standard InChI is InChI=1S/C30H32N4O8/c1-17-26(36)21(14-20-10-6-12-31-16-20)33-27(37)24(34-28(38)25-22(35)11-7-13-32-25)18(2)41-30(40)23(42-29(17)39)15-19-8-4-3-5-9-19/h3-13,16-18,21,23-24,26,35-36H,14-15H2,1-2H3,(H,33,37)(H,34,38). The minimum Gasteiger partial charge on any atom is -0.505 e. The van der Waals surface area contributed by atoms with Gasteiger partial charge in [-0.3, -0.25) is 19.4 Å². The van der Waals surface area contributed by atoms with Gasteiger partial charge in [0.2, 0.25) is 12.0 Å². The molecule has 2 amide bonds. The van der Waals surface area contributed by atoms with Gasteiger partial charge in [0.15, 0.2) is 5.69 Å². The van der Waals surface area contributed by atoms with Crippen molar-refractivity contribution in [2.75, 3.05) is 0 Å². The van der Waals surface area contributed by atoms with Crippen molar-refractivity contribution in [2.45, 2.75) is 57.1 Å². The van der Waals surface area contributed by atoms with Crippen LogP contribution >= 0.6 is 0 Å². The van der Waals surface area contributed by atoms with Gasteiger partial charge in [-0.2, -0.15) is 0 Å². The molecule has 12 heteroatoms. The van der Waals surface area contributed by atoms with Crippen molar-refractivity contribution in [3.63, 3.8) is 0 Å². The van der Waals surface area contributed by atoms with Crippen LogP contribution in [-0.2, 0) is 36.7 Å². The zero-order valence-electron chi connectivity index (χ0n) is 23.0. The Hall–Kier alpha value is -4.84. The summed E-state index contributed by atoms with van der Waals surface area (Å²) in [7, 11) is 0. The van der Waals surface area contributed by atoms with E-state index in [4.69, 9.17) is 9.47 Å². The van der Waals surface area contributed by atoms with Crippen molar-refractivity contribution in [3.05, 3.63) is 90.0 Å². The van der Waals surface area contributed by atoms with Gasteiger partial charge in [-0.05, 0) is 49.6 Å². The third-order valence-corrected chi connectivity index (χ3v) is 6.93. The van der Waals surface area contributed by atoms with Crippen molar-refractivity contribution in [2.24, 2.45) is 5.92 Å². The number of cyclic esters (lactones) is 2. The van der Waals surface area contributed by atoms with Crippen LogP contribution in [0.15, 0.2) is 73.2 Å². The molecular formula is C30H32N4O8. The number of benzene rings is 1. The molecule has 0 bridgehead atoms. The monoisotopic (exact) mass is 576 g/mol. The minimum atomic E-state index is -1.48. The molecule has 1 saturated heterocycles. The molecule has 42 heavy (non-hydrogen) atoms. The Bertz CT molecular complexity index is 1400. The number of carbonyl (C=O) groups excluding carboxylic acids is 4. The number of nitrogens with one attached hydrogen (secondary N) is 2. The number of aliphatic hydroxyl groups is 1. The summed E-state index contributed by atoms with van der Waals surface area (Å²) >= 11 is 0. The summed E-state index contributed by atoms with van der Waals surface area (Å²) in [4.78, 5) is 61.1. The SMILES string of the molecule is CC1OC(=O)C(Cc2ccccc2)OC(=O)C(C)C(O)C(Cc2cccnc2)NC(=O)C1NC(=O)c1ncccc1O. The number of amides is 2. The lowest BCUT2D eigenvalue weighted by Gasteiger charge is -2.33. The Balaban J connectivity index is 1.69. The smallest absolute Gasteiger partial charge is 0.348 e. The van der Waals surface area contributed by atoms with Gasteiger partial charge in [-0.15, -0.1) is 0 Å². The second-order valence-corrected chi connectivity index (χ2v) is 10.0. The number of aromatic hydroxyl groups is 1. The van der Waals surface area contributed by atoms with Gasteiger partial charge in [-0.25, -0.2) is 9.78 Å². The molecule has 6 atom stereocenters. The second kappa shape index (κ2) is 13.7. The van der Waals surface area contributed by atoms with Crippen LogP contribution in [0.1, 0.15) is 35.5 Å². The van der Waals surface area contributed by atoms with E-state index < -0.39 is 65.8 Å². The Morgan fingerprint density at radius 1 is 0.929 bits per heavy atom. The fourth-order valence-electron chi connectivity index (χ4n) is 4.54. The molecule has 2 aromatic heterocycles.